The van der Waals surface area contributed by atoms with Gasteiger partial charge in [-0.1, -0.05) is 35.0 Å². The molecule has 1 amide bonds. The standard InChI is InChI=1S/C18H18F2N2O3/c1-13-2-4-14(5-3-13)10-21-17(23)12-24-22-11-15-6-8-16(9-7-15)25-18(19)20/h2-9,11,18H,10,12H2,1H3,(H,21,23)/b22-11+. The summed E-state index contributed by atoms with van der Waals surface area (Å²) >= 11 is 0. The Morgan fingerprint density at radius 2 is 1.84 bits per heavy atom. The number of nitrogens with one attached hydrogen (secondary N) is 1. The zero-order valence-corrected chi connectivity index (χ0v) is 13.6. The molecule has 2 aromatic rings. The maximum Gasteiger partial charge on any atom is 0.387 e. The third kappa shape index (κ3) is 6.99. The molecule has 0 radical (unpaired) electrons. The predicted octanol–water partition coefficient (Wildman–Crippen LogP) is 3.26. The maximum atomic E-state index is 12.0. The number of rotatable bonds is 8. The Hall–Kier alpha value is -2.96. The molecule has 0 aromatic heterocycles. The van der Waals surface area contributed by atoms with Crippen LogP contribution in [0.2, 0.25) is 0 Å². The average Bonchev–Trinajstić information content (AvgIpc) is 2.59. The SMILES string of the molecule is Cc1ccc(CNC(=O)CO/N=C/c2ccc(OC(F)F)cc2)cc1. The predicted molar refractivity (Wildman–Crippen MR) is 89.6 cm³/mol. The molecule has 0 bridgehead atoms. The largest absolute Gasteiger partial charge is 0.435 e. The number of aryl methyl sites for hydroxylation is 1. The van der Waals surface area contributed by atoms with E-state index in [1.165, 1.54) is 18.3 Å². The lowest BCUT2D eigenvalue weighted by Crippen LogP contribution is -2.26. The van der Waals surface area contributed by atoms with Gasteiger partial charge in [-0.2, -0.15) is 8.78 Å². The second-order valence-corrected chi connectivity index (χ2v) is 5.22. The molecule has 1 N–H and O–H groups in total. The van der Waals surface area contributed by atoms with Crippen molar-refractivity contribution in [2.75, 3.05) is 6.61 Å². The number of hydrogen-bond donors (Lipinski definition) is 1. The van der Waals surface area contributed by atoms with Crippen molar-refractivity contribution in [2.24, 2.45) is 5.16 Å². The van der Waals surface area contributed by atoms with E-state index in [4.69, 9.17) is 4.84 Å². The molecule has 0 saturated carbocycles. The summed E-state index contributed by atoms with van der Waals surface area (Å²) in [6, 6.07) is 13.7. The second kappa shape index (κ2) is 9.36. The smallest absolute Gasteiger partial charge is 0.387 e. The minimum absolute atomic E-state index is 0.0588. The molecular weight excluding hydrogens is 330 g/mol. The monoisotopic (exact) mass is 348 g/mol. The van der Waals surface area contributed by atoms with E-state index in [-0.39, 0.29) is 18.3 Å². The first-order valence-corrected chi connectivity index (χ1v) is 7.55. The normalized spacial score (nSPS) is 10.9. The molecule has 0 atom stereocenters. The van der Waals surface area contributed by atoms with Crippen molar-refractivity contribution in [3.05, 3.63) is 65.2 Å². The lowest BCUT2D eigenvalue weighted by molar-refractivity contribution is -0.125. The van der Waals surface area contributed by atoms with E-state index >= 15 is 0 Å². The van der Waals surface area contributed by atoms with Crippen LogP contribution in [0, 0.1) is 6.92 Å². The highest BCUT2D eigenvalue weighted by Gasteiger charge is 2.03. The Balaban J connectivity index is 1.69. The van der Waals surface area contributed by atoms with Crippen LogP contribution in [0.3, 0.4) is 0 Å². The number of alkyl halides is 2. The first-order chi connectivity index (χ1) is 12.0. The van der Waals surface area contributed by atoms with E-state index in [2.05, 4.69) is 15.2 Å². The highest BCUT2D eigenvalue weighted by Crippen LogP contribution is 2.13. The summed E-state index contributed by atoms with van der Waals surface area (Å²) in [6.07, 6.45) is 1.37. The maximum absolute atomic E-state index is 12.0. The zero-order valence-electron chi connectivity index (χ0n) is 13.6. The van der Waals surface area contributed by atoms with Gasteiger partial charge in [-0.25, -0.2) is 0 Å². The van der Waals surface area contributed by atoms with E-state index in [0.29, 0.717) is 12.1 Å². The fourth-order valence-corrected chi connectivity index (χ4v) is 1.89. The van der Waals surface area contributed by atoms with Crippen molar-refractivity contribution in [3.8, 4) is 5.75 Å². The molecule has 7 heteroatoms. The van der Waals surface area contributed by atoms with E-state index in [1.54, 1.807) is 12.1 Å². The minimum atomic E-state index is -2.86. The third-order valence-corrected chi connectivity index (χ3v) is 3.19. The molecular formula is C18H18F2N2O3. The van der Waals surface area contributed by atoms with Crippen LogP contribution in [0.1, 0.15) is 16.7 Å². The van der Waals surface area contributed by atoms with Crippen LogP contribution in [0.25, 0.3) is 0 Å². The minimum Gasteiger partial charge on any atom is -0.435 e. The molecule has 5 nitrogen and oxygen atoms in total. The molecule has 0 aliphatic rings. The van der Waals surface area contributed by atoms with Gasteiger partial charge in [0.1, 0.15) is 5.75 Å². The van der Waals surface area contributed by atoms with Crippen molar-refractivity contribution in [1.82, 2.24) is 5.32 Å². The number of nitrogens with zero attached hydrogens (tertiary/aromatic N) is 1. The summed E-state index contributed by atoms with van der Waals surface area (Å²) in [5.41, 5.74) is 2.77. The van der Waals surface area contributed by atoms with Crippen LogP contribution in [-0.4, -0.2) is 25.3 Å². The number of benzene rings is 2. The van der Waals surface area contributed by atoms with Gasteiger partial charge in [0.25, 0.3) is 5.91 Å². The molecule has 0 spiro atoms. The number of amides is 1. The fourth-order valence-electron chi connectivity index (χ4n) is 1.89. The molecule has 2 aromatic carbocycles. The molecule has 2 rings (SSSR count). The summed E-state index contributed by atoms with van der Waals surface area (Å²) in [5.74, 6) is -0.234. The quantitative estimate of drug-likeness (QED) is 0.588. The first kappa shape index (κ1) is 18.4. The highest BCUT2D eigenvalue weighted by atomic mass is 19.3. The van der Waals surface area contributed by atoms with Gasteiger partial charge in [0.15, 0.2) is 6.61 Å². The first-order valence-electron chi connectivity index (χ1n) is 7.55. The van der Waals surface area contributed by atoms with Crippen LogP contribution >= 0.6 is 0 Å². The Morgan fingerprint density at radius 3 is 2.48 bits per heavy atom. The Bertz CT molecular complexity index is 701. The molecule has 0 aliphatic heterocycles. The van der Waals surface area contributed by atoms with Crippen molar-refractivity contribution in [1.29, 1.82) is 0 Å². The van der Waals surface area contributed by atoms with Gasteiger partial charge in [-0.3, -0.25) is 4.79 Å². The molecule has 25 heavy (non-hydrogen) atoms. The Labute approximate surface area is 144 Å². The van der Waals surface area contributed by atoms with Crippen LogP contribution in [-0.2, 0) is 16.2 Å². The summed E-state index contributed by atoms with van der Waals surface area (Å²) in [6.45, 7) is -0.665. The molecule has 0 aliphatic carbocycles. The number of oxime groups is 1. The number of ether oxygens (including phenoxy) is 1. The van der Waals surface area contributed by atoms with Gasteiger partial charge in [0.05, 0.1) is 6.21 Å². The molecule has 132 valence electrons. The summed E-state index contributed by atoms with van der Waals surface area (Å²) in [7, 11) is 0. The topological polar surface area (TPSA) is 59.9 Å². The third-order valence-electron chi connectivity index (χ3n) is 3.19. The van der Waals surface area contributed by atoms with Gasteiger partial charge in [0.2, 0.25) is 0 Å². The molecule has 0 saturated heterocycles. The van der Waals surface area contributed by atoms with Gasteiger partial charge >= 0.3 is 6.61 Å². The molecule has 0 fully saturated rings. The van der Waals surface area contributed by atoms with Crippen molar-refractivity contribution in [2.45, 2.75) is 20.1 Å². The summed E-state index contributed by atoms with van der Waals surface area (Å²) < 4.78 is 28.3. The lowest BCUT2D eigenvalue weighted by atomic mass is 10.1. The summed E-state index contributed by atoms with van der Waals surface area (Å²) in [4.78, 5) is 16.6. The van der Waals surface area contributed by atoms with Crippen LogP contribution < -0.4 is 10.1 Å². The van der Waals surface area contributed by atoms with Crippen LogP contribution in [0.5, 0.6) is 5.75 Å². The van der Waals surface area contributed by atoms with Crippen LogP contribution in [0.15, 0.2) is 53.7 Å². The number of carbonyl (C=O) groups excluding carboxylic acids is 1. The van der Waals surface area contributed by atoms with Crippen molar-refractivity contribution in [3.63, 3.8) is 0 Å². The lowest BCUT2D eigenvalue weighted by Gasteiger charge is -2.05. The molecule has 0 unspecified atom stereocenters. The van der Waals surface area contributed by atoms with Gasteiger partial charge in [0, 0.05) is 6.54 Å². The van der Waals surface area contributed by atoms with Gasteiger partial charge in [-0.15, -0.1) is 0 Å². The highest BCUT2D eigenvalue weighted by molar-refractivity contribution is 5.80. The number of carbonyl (C=O) groups is 1. The van der Waals surface area contributed by atoms with E-state index in [0.717, 1.165) is 11.1 Å². The van der Waals surface area contributed by atoms with E-state index in [1.807, 2.05) is 31.2 Å². The number of hydrogen-bond acceptors (Lipinski definition) is 4. The van der Waals surface area contributed by atoms with E-state index in [9.17, 15) is 13.6 Å². The number of halogens is 2. The summed E-state index contributed by atoms with van der Waals surface area (Å²) in [5, 5.41) is 6.38. The zero-order chi connectivity index (χ0) is 18.1. The fraction of sp³-hybridized carbons (Fsp3) is 0.222. The molecule has 0 heterocycles. The van der Waals surface area contributed by atoms with Crippen molar-refractivity contribution >= 4 is 12.1 Å². The van der Waals surface area contributed by atoms with Gasteiger partial charge in [-0.05, 0) is 42.3 Å². The second-order valence-electron chi connectivity index (χ2n) is 5.22. The van der Waals surface area contributed by atoms with Crippen molar-refractivity contribution < 1.29 is 23.1 Å². The average molecular weight is 348 g/mol. The van der Waals surface area contributed by atoms with Gasteiger partial charge < -0.3 is 14.9 Å². The Morgan fingerprint density at radius 1 is 1.16 bits per heavy atom. The Kier molecular flexibility index (Phi) is 6.88. The van der Waals surface area contributed by atoms with E-state index < -0.39 is 6.61 Å². The van der Waals surface area contributed by atoms with Crippen LogP contribution in [0.4, 0.5) is 8.78 Å².